The fourth-order valence-electron chi connectivity index (χ4n) is 2.15. The van der Waals surface area contributed by atoms with E-state index in [1.807, 2.05) is 30.3 Å². The molecule has 0 aliphatic rings. The minimum absolute atomic E-state index is 0.175. The summed E-state index contributed by atoms with van der Waals surface area (Å²) in [6.07, 6.45) is 4.88. The summed E-state index contributed by atoms with van der Waals surface area (Å²) in [5, 5.41) is 3.74. The predicted octanol–water partition coefficient (Wildman–Crippen LogP) is 2.44. The van der Waals surface area contributed by atoms with Crippen molar-refractivity contribution >= 4 is 16.8 Å². The van der Waals surface area contributed by atoms with E-state index in [0.717, 1.165) is 10.9 Å². The average molecular weight is 317 g/mol. The molecule has 3 aromatic rings. The Morgan fingerprint density at radius 3 is 2.75 bits per heavy atom. The van der Waals surface area contributed by atoms with Gasteiger partial charge in [0.1, 0.15) is 17.9 Å². The Labute approximate surface area is 139 Å². The van der Waals surface area contributed by atoms with Gasteiger partial charge in [0.25, 0.3) is 5.91 Å². The van der Waals surface area contributed by atoms with Gasteiger partial charge in [-0.25, -0.2) is 0 Å². The summed E-state index contributed by atoms with van der Waals surface area (Å²) >= 11 is 0. The molecule has 0 aliphatic carbocycles. The van der Waals surface area contributed by atoms with Crippen molar-refractivity contribution in [1.82, 2.24) is 15.3 Å². The number of carbonyl (C=O) groups excluding carboxylic acids is 1. The predicted molar refractivity (Wildman–Crippen MR) is 91.6 cm³/mol. The van der Waals surface area contributed by atoms with E-state index in [4.69, 9.17) is 4.74 Å². The molecule has 118 valence electrons. The molecule has 0 fully saturated rings. The maximum Gasteiger partial charge on any atom is 0.252 e. The number of nitrogens with zero attached hydrogens (tertiary/aromatic N) is 2. The third kappa shape index (κ3) is 3.87. The molecule has 1 amide bonds. The van der Waals surface area contributed by atoms with Gasteiger partial charge in [-0.15, -0.1) is 0 Å². The third-order valence-electron chi connectivity index (χ3n) is 3.30. The molecule has 5 nitrogen and oxygen atoms in total. The molecule has 2 heterocycles. The molecular weight excluding hydrogens is 302 g/mol. The second kappa shape index (κ2) is 7.75. The lowest BCUT2D eigenvalue weighted by Crippen LogP contribution is -2.23. The Morgan fingerprint density at radius 1 is 1.04 bits per heavy atom. The molecular formula is C19H15N3O2. The highest BCUT2D eigenvalue weighted by atomic mass is 16.5. The lowest BCUT2D eigenvalue weighted by atomic mass is 10.2. The Kier molecular flexibility index (Phi) is 5.00. The number of pyridine rings is 2. The van der Waals surface area contributed by atoms with Gasteiger partial charge in [0.2, 0.25) is 0 Å². The van der Waals surface area contributed by atoms with Crippen molar-refractivity contribution in [3.63, 3.8) is 0 Å². The molecule has 1 N–H and O–H groups in total. The van der Waals surface area contributed by atoms with Gasteiger partial charge < -0.3 is 10.1 Å². The molecule has 0 aliphatic heterocycles. The normalized spacial score (nSPS) is 9.83. The summed E-state index contributed by atoms with van der Waals surface area (Å²) in [5.41, 5.74) is 1.37. The number of nitrogens with one attached hydrogen (secondary N) is 1. The number of para-hydroxylation sites is 1. The van der Waals surface area contributed by atoms with Crippen molar-refractivity contribution < 1.29 is 9.53 Å². The minimum atomic E-state index is -0.175. The molecule has 3 rings (SSSR count). The second-order valence-corrected chi connectivity index (χ2v) is 4.89. The topological polar surface area (TPSA) is 64.1 Å². The number of hydrogen-bond acceptors (Lipinski definition) is 4. The molecule has 0 saturated carbocycles. The van der Waals surface area contributed by atoms with Crippen LogP contribution in [0.15, 0.2) is 61.1 Å². The van der Waals surface area contributed by atoms with Gasteiger partial charge in [-0.05, 0) is 24.3 Å². The van der Waals surface area contributed by atoms with Gasteiger partial charge in [-0.2, -0.15) is 0 Å². The molecule has 1 aromatic carbocycles. The van der Waals surface area contributed by atoms with E-state index in [1.165, 1.54) is 0 Å². The molecule has 2 aromatic heterocycles. The second-order valence-electron chi connectivity index (χ2n) is 4.89. The summed E-state index contributed by atoms with van der Waals surface area (Å²) in [5.74, 6) is 6.26. The first-order chi connectivity index (χ1) is 11.8. The lowest BCUT2D eigenvalue weighted by molar-refractivity contribution is 0.0958. The molecule has 0 unspecified atom stereocenters. The largest absolute Gasteiger partial charge is 0.479 e. The highest BCUT2D eigenvalue weighted by molar-refractivity contribution is 5.94. The van der Waals surface area contributed by atoms with Crippen LogP contribution in [0.3, 0.4) is 0 Å². The molecule has 0 radical (unpaired) electrons. The van der Waals surface area contributed by atoms with Crippen LogP contribution in [0.25, 0.3) is 10.9 Å². The smallest absolute Gasteiger partial charge is 0.252 e. The Bertz CT molecular complexity index is 893. The van der Waals surface area contributed by atoms with Crippen LogP contribution in [-0.2, 0) is 0 Å². The molecule has 0 saturated heterocycles. The molecule has 0 bridgehead atoms. The van der Waals surface area contributed by atoms with Gasteiger partial charge in [-0.1, -0.05) is 30.0 Å². The van der Waals surface area contributed by atoms with E-state index in [-0.39, 0.29) is 19.1 Å². The van der Waals surface area contributed by atoms with Crippen LogP contribution in [0.2, 0.25) is 0 Å². The molecule has 0 spiro atoms. The zero-order valence-electron chi connectivity index (χ0n) is 12.9. The average Bonchev–Trinajstić information content (AvgIpc) is 2.65. The number of amides is 1. The highest BCUT2D eigenvalue weighted by Gasteiger charge is 2.02. The van der Waals surface area contributed by atoms with Crippen molar-refractivity contribution in [2.24, 2.45) is 0 Å². The monoisotopic (exact) mass is 317 g/mol. The number of benzene rings is 1. The Hall–Kier alpha value is -3.39. The number of aromatic nitrogens is 2. The van der Waals surface area contributed by atoms with E-state index in [1.54, 1.807) is 30.7 Å². The van der Waals surface area contributed by atoms with Gasteiger partial charge in [0.15, 0.2) is 0 Å². The van der Waals surface area contributed by atoms with Crippen LogP contribution >= 0.6 is 0 Å². The van der Waals surface area contributed by atoms with Crippen LogP contribution in [0.5, 0.6) is 5.75 Å². The standard InChI is InChI=1S/C19H15N3O2/c23-19(16-8-12-20-13-9-16)22-10-1-2-14-24-17-7-3-5-15-6-4-11-21-18(15)17/h3-9,11-13H,10,14H2,(H,22,23). The maximum absolute atomic E-state index is 11.8. The fraction of sp³-hybridized carbons (Fsp3) is 0.105. The Balaban J connectivity index is 1.50. The van der Waals surface area contributed by atoms with Crippen molar-refractivity contribution in [3.8, 4) is 17.6 Å². The summed E-state index contributed by atoms with van der Waals surface area (Å²) in [6.45, 7) is 0.499. The lowest BCUT2D eigenvalue weighted by Gasteiger charge is -2.05. The van der Waals surface area contributed by atoms with Crippen molar-refractivity contribution in [2.45, 2.75) is 0 Å². The first-order valence-electron chi connectivity index (χ1n) is 7.45. The summed E-state index contributed by atoms with van der Waals surface area (Å²) in [4.78, 5) is 20.0. The summed E-state index contributed by atoms with van der Waals surface area (Å²) < 4.78 is 5.65. The van der Waals surface area contributed by atoms with Gasteiger partial charge in [-0.3, -0.25) is 14.8 Å². The fourth-order valence-corrected chi connectivity index (χ4v) is 2.15. The zero-order valence-corrected chi connectivity index (χ0v) is 12.9. The zero-order chi connectivity index (χ0) is 16.6. The van der Waals surface area contributed by atoms with Crippen molar-refractivity contribution in [1.29, 1.82) is 0 Å². The first kappa shape index (κ1) is 15.5. The highest BCUT2D eigenvalue weighted by Crippen LogP contribution is 2.22. The number of fused-ring (bicyclic) bond motifs is 1. The van der Waals surface area contributed by atoms with E-state index in [9.17, 15) is 4.79 Å². The van der Waals surface area contributed by atoms with Crippen LogP contribution in [-0.4, -0.2) is 29.0 Å². The van der Waals surface area contributed by atoms with Gasteiger partial charge >= 0.3 is 0 Å². The van der Waals surface area contributed by atoms with E-state index in [0.29, 0.717) is 11.3 Å². The number of carbonyl (C=O) groups is 1. The SMILES string of the molecule is O=C(NCC#CCOc1cccc2cccnc12)c1ccncc1. The minimum Gasteiger partial charge on any atom is -0.479 e. The van der Waals surface area contributed by atoms with Crippen molar-refractivity contribution in [2.75, 3.05) is 13.2 Å². The molecule has 5 heteroatoms. The van der Waals surface area contributed by atoms with Gasteiger partial charge in [0.05, 0.1) is 6.54 Å². The van der Waals surface area contributed by atoms with E-state index >= 15 is 0 Å². The van der Waals surface area contributed by atoms with Crippen LogP contribution in [0, 0.1) is 11.8 Å². The van der Waals surface area contributed by atoms with E-state index in [2.05, 4.69) is 27.1 Å². The van der Waals surface area contributed by atoms with Crippen LogP contribution in [0.1, 0.15) is 10.4 Å². The van der Waals surface area contributed by atoms with Crippen LogP contribution in [0.4, 0.5) is 0 Å². The summed E-state index contributed by atoms with van der Waals surface area (Å²) in [7, 11) is 0. The Morgan fingerprint density at radius 2 is 1.88 bits per heavy atom. The van der Waals surface area contributed by atoms with Crippen LogP contribution < -0.4 is 10.1 Å². The van der Waals surface area contributed by atoms with Gasteiger partial charge in [0, 0.05) is 29.5 Å². The van der Waals surface area contributed by atoms with Crippen molar-refractivity contribution in [3.05, 3.63) is 66.6 Å². The maximum atomic E-state index is 11.8. The molecule has 0 atom stereocenters. The molecule has 24 heavy (non-hydrogen) atoms. The summed E-state index contributed by atoms with van der Waals surface area (Å²) in [6, 6.07) is 12.9. The third-order valence-corrected chi connectivity index (χ3v) is 3.30. The number of hydrogen-bond donors (Lipinski definition) is 1. The number of ether oxygens (including phenoxy) is 1. The number of rotatable bonds is 4. The quantitative estimate of drug-likeness (QED) is 0.751. The first-order valence-corrected chi connectivity index (χ1v) is 7.45. The van der Waals surface area contributed by atoms with E-state index < -0.39 is 0 Å².